The third-order valence-corrected chi connectivity index (χ3v) is 3.01. The molecule has 0 aliphatic carbocycles. The Balaban J connectivity index is 2.19. The van der Waals surface area contributed by atoms with E-state index in [0.717, 1.165) is 0 Å². The predicted molar refractivity (Wildman–Crippen MR) is 74.5 cm³/mol. The third kappa shape index (κ3) is 3.29. The van der Waals surface area contributed by atoms with Crippen LogP contribution in [0.25, 0.3) is 0 Å². The van der Waals surface area contributed by atoms with Gasteiger partial charge in [-0.05, 0) is 12.1 Å². The van der Waals surface area contributed by atoms with Crippen LogP contribution in [0.15, 0.2) is 24.3 Å². The Labute approximate surface area is 121 Å². The molecule has 1 unspecified atom stereocenters. The molecule has 1 atom stereocenters. The number of carbonyl (C=O) groups is 3. The maximum absolute atomic E-state index is 12.2. The van der Waals surface area contributed by atoms with E-state index in [9.17, 15) is 14.4 Å². The van der Waals surface area contributed by atoms with Gasteiger partial charge in [0.05, 0.1) is 25.3 Å². The van der Waals surface area contributed by atoms with Gasteiger partial charge in [-0.1, -0.05) is 12.1 Å². The SMILES string of the molecule is NCC(=O)NCC(=O)N1CC(C(N)=O)Oc2ccccc21. The summed E-state index contributed by atoms with van der Waals surface area (Å²) in [7, 11) is 0. The van der Waals surface area contributed by atoms with Crippen LogP contribution in [-0.2, 0) is 14.4 Å². The fourth-order valence-electron chi connectivity index (χ4n) is 1.96. The van der Waals surface area contributed by atoms with Crippen LogP contribution in [0.5, 0.6) is 5.75 Å². The van der Waals surface area contributed by atoms with E-state index in [1.165, 1.54) is 4.90 Å². The van der Waals surface area contributed by atoms with Crippen molar-refractivity contribution in [2.75, 3.05) is 24.5 Å². The standard InChI is InChI=1S/C13H16N4O4/c14-5-11(18)16-6-12(19)17-7-10(13(15)20)21-9-4-2-1-3-8(9)17/h1-4,10H,5-7,14H2,(H2,15,20)(H,16,18). The minimum Gasteiger partial charge on any atom is -0.477 e. The molecule has 5 N–H and O–H groups in total. The molecule has 2 rings (SSSR count). The lowest BCUT2D eigenvalue weighted by Gasteiger charge is -2.33. The molecule has 0 bridgehead atoms. The van der Waals surface area contributed by atoms with Gasteiger partial charge in [-0.15, -0.1) is 0 Å². The van der Waals surface area contributed by atoms with Gasteiger partial charge in [0.2, 0.25) is 11.8 Å². The Morgan fingerprint density at radius 3 is 2.71 bits per heavy atom. The molecule has 21 heavy (non-hydrogen) atoms. The summed E-state index contributed by atoms with van der Waals surface area (Å²) in [4.78, 5) is 36.0. The summed E-state index contributed by atoms with van der Waals surface area (Å²) >= 11 is 0. The molecular formula is C13H16N4O4. The van der Waals surface area contributed by atoms with Crippen molar-refractivity contribution in [2.45, 2.75) is 6.10 Å². The van der Waals surface area contributed by atoms with E-state index in [4.69, 9.17) is 16.2 Å². The molecular weight excluding hydrogens is 276 g/mol. The second kappa shape index (κ2) is 6.23. The highest BCUT2D eigenvalue weighted by Crippen LogP contribution is 2.32. The zero-order valence-corrected chi connectivity index (χ0v) is 11.2. The fourth-order valence-corrected chi connectivity index (χ4v) is 1.96. The minimum absolute atomic E-state index is 0.00365. The van der Waals surface area contributed by atoms with E-state index in [-0.39, 0.29) is 25.5 Å². The summed E-state index contributed by atoms with van der Waals surface area (Å²) in [6, 6.07) is 6.80. The smallest absolute Gasteiger partial charge is 0.260 e. The molecule has 1 aliphatic rings. The first-order valence-electron chi connectivity index (χ1n) is 6.35. The Kier molecular flexibility index (Phi) is 4.39. The van der Waals surface area contributed by atoms with Gasteiger partial charge in [0.15, 0.2) is 6.10 Å². The number of fused-ring (bicyclic) bond motifs is 1. The van der Waals surface area contributed by atoms with Crippen molar-refractivity contribution < 1.29 is 19.1 Å². The quantitative estimate of drug-likeness (QED) is 0.612. The van der Waals surface area contributed by atoms with Gasteiger partial charge in [0, 0.05) is 0 Å². The summed E-state index contributed by atoms with van der Waals surface area (Å²) in [6.45, 7) is -0.406. The topological polar surface area (TPSA) is 128 Å². The number of rotatable bonds is 4. The lowest BCUT2D eigenvalue weighted by molar-refractivity contribution is -0.126. The van der Waals surface area contributed by atoms with Crippen LogP contribution < -0.4 is 26.4 Å². The normalized spacial score (nSPS) is 16.6. The second-order valence-electron chi connectivity index (χ2n) is 4.46. The summed E-state index contributed by atoms with van der Waals surface area (Å²) in [5.41, 5.74) is 10.9. The number of nitrogens with two attached hydrogens (primary N) is 2. The molecule has 3 amide bonds. The summed E-state index contributed by atoms with van der Waals surface area (Å²) in [6.07, 6.45) is -0.922. The first kappa shape index (κ1) is 14.8. The zero-order valence-electron chi connectivity index (χ0n) is 11.2. The Bertz CT molecular complexity index is 575. The van der Waals surface area contributed by atoms with Crippen LogP contribution in [0.1, 0.15) is 0 Å². The number of carbonyl (C=O) groups excluding carboxylic acids is 3. The van der Waals surface area contributed by atoms with Crippen LogP contribution in [-0.4, -0.2) is 43.5 Å². The third-order valence-electron chi connectivity index (χ3n) is 3.01. The van der Waals surface area contributed by atoms with E-state index >= 15 is 0 Å². The second-order valence-corrected chi connectivity index (χ2v) is 4.46. The molecule has 0 fully saturated rings. The molecule has 1 aromatic rings. The Morgan fingerprint density at radius 1 is 1.33 bits per heavy atom. The molecule has 0 spiro atoms. The van der Waals surface area contributed by atoms with E-state index in [2.05, 4.69) is 5.32 Å². The fraction of sp³-hybridized carbons (Fsp3) is 0.308. The molecule has 0 aromatic heterocycles. The molecule has 1 aliphatic heterocycles. The first-order valence-corrected chi connectivity index (χ1v) is 6.35. The number of anilines is 1. The van der Waals surface area contributed by atoms with Crippen LogP contribution in [0, 0.1) is 0 Å². The number of hydrogen-bond acceptors (Lipinski definition) is 5. The number of hydrogen-bond donors (Lipinski definition) is 3. The number of para-hydroxylation sites is 2. The molecule has 112 valence electrons. The van der Waals surface area contributed by atoms with Crippen molar-refractivity contribution in [3.8, 4) is 5.75 Å². The van der Waals surface area contributed by atoms with Crippen molar-refractivity contribution in [1.82, 2.24) is 5.32 Å². The number of amides is 3. The van der Waals surface area contributed by atoms with Gasteiger partial charge in [0.25, 0.3) is 5.91 Å². The van der Waals surface area contributed by atoms with E-state index in [1.54, 1.807) is 24.3 Å². The van der Waals surface area contributed by atoms with Crippen molar-refractivity contribution in [1.29, 1.82) is 0 Å². The molecule has 0 saturated carbocycles. The molecule has 1 aromatic carbocycles. The van der Waals surface area contributed by atoms with Crippen LogP contribution >= 0.6 is 0 Å². The number of benzene rings is 1. The highest BCUT2D eigenvalue weighted by Gasteiger charge is 2.32. The van der Waals surface area contributed by atoms with E-state index in [0.29, 0.717) is 11.4 Å². The van der Waals surface area contributed by atoms with E-state index in [1.807, 2.05) is 0 Å². The van der Waals surface area contributed by atoms with Gasteiger partial charge in [-0.25, -0.2) is 0 Å². The number of ether oxygens (including phenoxy) is 1. The monoisotopic (exact) mass is 292 g/mol. The molecule has 1 heterocycles. The number of primary amides is 1. The molecule has 8 nitrogen and oxygen atoms in total. The molecule has 8 heteroatoms. The Morgan fingerprint density at radius 2 is 2.05 bits per heavy atom. The van der Waals surface area contributed by atoms with Crippen molar-refractivity contribution in [3.63, 3.8) is 0 Å². The summed E-state index contributed by atoms with van der Waals surface area (Å²) in [5.74, 6) is -1.07. The van der Waals surface area contributed by atoms with Gasteiger partial charge in [-0.3, -0.25) is 14.4 Å². The predicted octanol–water partition coefficient (Wildman–Crippen LogP) is -1.66. The van der Waals surface area contributed by atoms with Crippen LogP contribution in [0.4, 0.5) is 5.69 Å². The van der Waals surface area contributed by atoms with Gasteiger partial charge >= 0.3 is 0 Å². The lowest BCUT2D eigenvalue weighted by Crippen LogP contribution is -2.51. The maximum atomic E-state index is 12.2. The number of nitrogens with one attached hydrogen (secondary N) is 1. The average molecular weight is 292 g/mol. The van der Waals surface area contributed by atoms with Crippen LogP contribution in [0.2, 0.25) is 0 Å². The lowest BCUT2D eigenvalue weighted by atomic mass is 10.1. The van der Waals surface area contributed by atoms with Crippen molar-refractivity contribution in [2.24, 2.45) is 11.5 Å². The van der Waals surface area contributed by atoms with Gasteiger partial charge in [-0.2, -0.15) is 0 Å². The van der Waals surface area contributed by atoms with Gasteiger partial charge in [0.1, 0.15) is 5.75 Å². The minimum atomic E-state index is -0.922. The first-order chi connectivity index (χ1) is 10.0. The zero-order chi connectivity index (χ0) is 15.4. The van der Waals surface area contributed by atoms with Crippen molar-refractivity contribution >= 4 is 23.4 Å². The Hall–Kier alpha value is -2.61. The van der Waals surface area contributed by atoms with Crippen molar-refractivity contribution in [3.05, 3.63) is 24.3 Å². The highest BCUT2D eigenvalue weighted by atomic mass is 16.5. The van der Waals surface area contributed by atoms with E-state index < -0.39 is 17.9 Å². The summed E-state index contributed by atoms with van der Waals surface area (Å²) in [5, 5.41) is 2.39. The molecule has 0 radical (unpaired) electrons. The average Bonchev–Trinajstić information content (AvgIpc) is 2.50. The molecule has 0 saturated heterocycles. The van der Waals surface area contributed by atoms with Crippen LogP contribution in [0.3, 0.4) is 0 Å². The highest BCUT2D eigenvalue weighted by molar-refractivity contribution is 5.99. The summed E-state index contributed by atoms with van der Waals surface area (Å²) < 4.78 is 5.44. The number of nitrogens with zero attached hydrogens (tertiary/aromatic N) is 1. The van der Waals surface area contributed by atoms with Gasteiger partial charge < -0.3 is 26.4 Å². The maximum Gasteiger partial charge on any atom is 0.260 e. The largest absolute Gasteiger partial charge is 0.477 e.